The summed E-state index contributed by atoms with van der Waals surface area (Å²) in [4.78, 5) is 0. The van der Waals surface area contributed by atoms with Crippen LogP contribution in [0.25, 0.3) is 0 Å². The molecule has 1 aromatic rings. The van der Waals surface area contributed by atoms with Gasteiger partial charge in [-0.3, -0.25) is 0 Å². The van der Waals surface area contributed by atoms with E-state index in [4.69, 9.17) is 10.5 Å². The molecule has 0 bridgehead atoms. The topological polar surface area (TPSA) is 55.5 Å². The van der Waals surface area contributed by atoms with Crippen molar-refractivity contribution in [3.8, 4) is 5.75 Å². The van der Waals surface area contributed by atoms with E-state index in [0.29, 0.717) is 0 Å². The molecule has 0 spiro atoms. The zero-order valence-electron chi connectivity index (χ0n) is 11.1. The van der Waals surface area contributed by atoms with Crippen molar-refractivity contribution in [2.24, 2.45) is 11.1 Å². The molecule has 17 heavy (non-hydrogen) atoms. The average molecular weight is 237 g/mol. The maximum Gasteiger partial charge on any atom is 0.119 e. The highest BCUT2D eigenvalue weighted by Crippen LogP contribution is 2.31. The van der Waals surface area contributed by atoms with Crippen molar-refractivity contribution in [3.63, 3.8) is 0 Å². The number of aliphatic hydroxyl groups is 1. The molecule has 0 fully saturated rings. The van der Waals surface area contributed by atoms with E-state index < -0.39 is 0 Å². The summed E-state index contributed by atoms with van der Waals surface area (Å²) in [6, 6.07) is 7.57. The minimum absolute atomic E-state index is 0.0679. The van der Waals surface area contributed by atoms with E-state index in [1.807, 2.05) is 52.0 Å². The third-order valence-corrected chi connectivity index (χ3v) is 2.86. The van der Waals surface area contributed by atoms with Gasteiger partial charge in [-0.05, 0) is 31.5 Å². The molecule has 0 unspecified atom stereocenters. The van der Waals surface area contributed by atoms with Gasteiger partial charge in [0.25, 0.3) is 0 Å². The van der Waals surface area contributed by atoms with Gasteiger partial charge in [-0.1, -0.05) is 26.0 Å². The van der Waals surface area contributed by atoms with Crippen LogP contribution in [0.15, 0.2) is 24.3 Å². The molecule has 0 aliphatic carbocycles. The number of hydrogen-bond donors (Lipinski definition) is 2. The maximum absolute atomic E-state index is 9.29. The molecule has 0 aromatic heterocycles. The predicted octanol–water partition coefficient (Wildman–Crippen LogP) is 2.49. The molecule has 0 aliphatic rings. The zero-order chi connectivity index (χ0) is 13.1. The number of aliphatic hydroxyl groups excluding tert-OH is 1. The Morgan fingerprint density at radius 2 is 1.76 bits per heavy atom. The first-order valence-corrected chi connectivity index (χ1v) is 6.00. The van der Waals surface area contributed by atoms with Crippen molar-refractivity contribution in [1.29, 1.82) is 0 Å². The molecule has 1 rings (SSSR count). The minimum atomic E-state index is -0.319. The van der Waals surface area contributed by atoms with Crippen LogP contribution < -0.4 is 10.5 Å². The van der Waals surface area contributed by atoms with Gasteiger partial charge in [-0.15, -0.1) is 0 Å². The summed E-state index contributed by atoms with van der Waals surface area (Å²) in [6.07, 6.45) is 0.170. The summed E-state index contributed by atoms with van der Waals surface area (Å²) in [5, 5.41) is 9.29. The van der Waals surface area contributed by atoms with Crippen molar-refractivity contribution in [1.82, 2.24) is 0 Å². The Balaban J connectivity index is 2.80. The van der Waals surface area contributed by atoms with Gasteiger partial charge in [0, 0.05) is 18.1 Å². The largest absolute Gasteiger partial charge is 0.491 e. The van der Waals surface area contributed by atoms with Crippen molar-refractivity contribution in [2.75, 3.05) is 6.61 Å². The first-order chi connectivity index (χ1) is 7.86. The third-order valence-electron chi connectivity index (χ3n) is 2.86. The third kappa shape index (κ3) is 3.72. The van der Waals surface area contributed by atoms with Gasteiger partial charge in [0.1, 0.15) is 5.75 Å². The second kappa shape index (κ2) is 5.52. The number of nitrogens with two attached hydrogens (primary N) is 1. The highest BCUT2D eigenvalue weighted by molar-refractivity contribution is 5.30. The lowest BCUT2D eigenvalue weighted by molar-refractivity contribution is 0.132. The van der Waals surface area contributed by atoms with Crippen LogP contribution in [0.2, 0.25) is 0 Å². The van der Waals surface area contributed by atoms with E-state index in [2.05, 4.69) is 0 Å². The fourth-order valence-corrected chi connectivity index (χ4v) is 1.58. The monoisotopic (exact) mass is 237 g/mol. The number of benzene rings is 1. The SMILES string of the molecule is CC(C)Oc1ccc([C@@H](N)C(C)(C)CO)cc1. The fraction of sp³-hybridized carbons (Fsp3) is 0.571. The normalized spacial score (nSPS) is 13.8. The van der Waals surface area contributed by atoms with Gasteiger partial charge < -0.3 is 15.6 Å². The molecule has 3 nitrogen and oxygen atoms in total. The van der Waals surface area contributed by atoms with E-state index in [0.717, 1.165) is 11.3 Å². The second-order valence-electron chi connectivity index (χ2n) is 5.36. The molecule has 0 radical (unpaired) electrons. The standard InChI is InChI=1S/C14H23NO2/c1-10(2)17-12-7-5-11(6-8-12)13(15)14(3,4)9-16/h5-8,10,13,16H,9,15H2,1-4H3/t13-/m1/s1. The number of rotatable bonds is 5. The Labute approximate surface area is 104 Å². The van der Waals surface area contributed by atoms with Crippen LogP contribution in [-0.4, -0.2) is 17.8 Å². The lowest BCUT2D eigenvalue weighted by Gasteiger charge is -2.29. The predicted molar refractivity (Wildman–Crippen MR) is 70.0 cm³/mol. The maximum atomic E-state index is 9.29. The van der Waals surface area contributed by atoms with Crippen molar-refractivity contribution >= 4 is 0 Å². The molecule has 1 atom stereocenters. The van der Waals surface area contributed by atoms with Crippen LogP contribution in [0.1, 0.15) is 39.3 Å². The molecule has 0 saturated heterocycles. The average Bonchev–Trinajstić information content (AvgIpc) is 2.28. The van der Waals surface area contributed by atoms with E-state index >= 15 is 0 Å². The summed E-state index contributed by atoms with van der Waals surface area (Å²) in [5.41, 5.74) is 6.83. The fourth-order valence-electron chi connectivity index (χ4n) is 1.58. The molecular formula is C14H23NO2. The summed E-state index contributed by atoms with van der Waals surface area (Å²) >= 11 is 0. The van der Waals surface area contributed by atoms with E-state index in [-0.39, 0.29) is 24.2 Å². The highest BCUT2D eigenvalue weighted by atomic mass is 16.5. The van der Waals surface area contributed by atoms with Crippen LogP contribution in [0.5, 0.6) is 5.75 Å². The van der Waals surface area contributed by atoms with Crippen molar-refractivity contribution < 1.29 is 9.84 Å². The van der Waals surface area contributed by atoms with E-state index in [9.17, 15) is 5.11 Å². The number of hydrogen-bond acceptors (Lipinski definition) is 3. The molecule has 96 valence electrons. The van der Waals surface area contributed by atoms with Crippen LogP contribution in [0, 0.1) is 5.41 Å². The molecule has 0 amide bonds. The molecule has 0 aliphatic heterocycles. The Bertz CT molecular complexity index is 344. The van der Waals surface area contributed by atoms with Crippen LogP contribution in [0.4, 0.5) is 0 Å². The zero-order valence-corrected chi connectivity index (χ0v) is 11.1. The Kier molecular flexibility index (Phi) is 4.54. The highest BCUT2D eigenvalue weighted by Gasteiger charge is 2.26. The van der Waals surface area contributed by atoms with Gasteiger partial charge >= 0.3 is 0 Å². The second-order valence-corrected chi connectivity index (χ2v) is 5.36. The lowest BCUT2D eigenvalue weighted by Crippen LogP contribution is -2.32. The number of ether oxygens (including phenoxy) is 1. The van der Waals surface area contributed by atoms with Gasteiger partial charge in [-0.2, -0.15) is 0 Å². The van der Waals surface area contributed by atoms with Crippen molar-refractivity contribution in [2.45, 2.75) is 39.8 Å². The Hall–Kier alpha value is -1.06. The minimum Gasteiger partial charge on any atom is -0.491 e. The smallest absolute Gasteiger partial charge is 0.119 e. The van der Waals surface area contributed by atoms with Gasteiger partial charge in [0.2, 0.25) is 0 Å². The van der Waals surface area contributed by atoms with Crippen LogP contribution in [-0.2, 0) is 0 Å². The van der Waals surface area contributed by atoms with Gasteiger partial charge in [0.05, 0.1) is 6.10 Å². The molecule has 3 N–H and O–H groups in total. The van der Waals surface area contributed by atoms with E-state index in [1.165, 1.54) is 0 Å². The Morgan fingerprint density at radius 1 is 1.24 bits per heavy atom. The van der Waals surface area contributed by atoms with Crippen molar-refractivity contribution in [3.05, 3.63) is 29.8 Å². The van der Waals surface area contributed by atoms with Crippen LogP contribution in [0.3, 0.4) is 0 Å². The first kappa shape index (κ1) is 14.0. The van der Waals surface area contributed by atoms with Crippen LogP contribution >= 0.6 is 0 Å². The molecule has 1 aromatic carbocycles. The summed E-state index contributed by atoms with van der Waals surface area (Å²) in [5.74, 6) is 0.845. The molecule has 3 heteroatoms. The van der Waals surface area contributed by atoms with E-state index in [1.54, 1.807) is 0 Å². The van der Waals surface area contributed by atoms with Gasteiger partial charge in [-0.25, -0.2) is 0 Å². The summed E-state index contributed by atoms with van der Waals surface area (Å²) in [7, 11) is 0. The molecule has 0 heterocycles. The first-order valence-electron chi connectivity index (χ1n) is 6.00. The molecule has 0 saturated carbocycles. The summed E-state index contributed by atoms with van der Waals surface area (Å²) < 4.78 is 5.57. The Morgan fingerprint density at radius 3 is 2.18 bits per heavy atom. The quantitative estimate of drug-likeness (QED) is 0.827. The van der Waals surface area contributed by atoms with Gasteiger partial charge in [0.15, 0.2) is 0 Å². The molecular weight excluding hydrogens is 214 g/mol. The summed E-state index contributed by atoms with van der Waals surface area (Å²) in [6.45, 7) is 7.97. The lowest BCUT2D eigenvalue weighted by atomic mass is 9.82.